The molecule has 0 aliphatic heterocycles. The van der Waals surface area contributed by atoms with Gasteiger partial charge in [0.1, 0.15) is 12.4 Å². The van der Waals surface area contributed by atoms with Gasteiger partial charge in [0, 0.05) is 20.6 Å². The molecule has 8 heteroatoms. The largest absolute Gasteiger partial charge is 0.457 e. The molecule has 2 aromatic carbocycles. The van der Waals surface area contributed by atoms with Crippen LogP contribution in [0.3, 0.4) is 0 Å². The number of ether oxygens (including phenoxy) is 1. The van der Waals surface area contributed by atoms with E-state index in [-0.39, 0.29) is 17.5 Å². The van der Waals surface area contributed by atoms with Crippen LogP contribution in [0.15, 0.2) is 53.4 Å². The zero-order valence-corrected chi connectivity index (χ0v) is 19.4. The van der Waals surface area contributed by atoms with E-state index in [2.05, 4.69) is 4.98 Å². The topological polar surface area (TPSA) is 81.5 Å². The Morgan fingerprint density at radius 2 is 1.81 bits per heavy atom. The predicted octanol–water partition coefficient (Wildman–Crippen LogP) is 3.72. The molecule has 0 aliphatic carbocycles. The lowest BCUT2D eigenvalue weighted by molar-refractivity contribution is -0.151. The smallest absolute Gasteiger partial charge is 0.316 e. The van der Waals surface area contributed by atoms with Gasteiger partial charge in [0.2, 0.25) is 10.0 Å². The van der Waals surface area contributed by atoms with Gasteiger partial charge in [-0.1, -0.05) is 37.3 Å². The maximum Gasteiger partial charge on any atom is 0.316 e. The minimum Gasteiger partial charge on any atom is -0.457 e. The highest BCUT2D eigenvalue weighted by molar-refractivity contribution is 7.89. The summed E-state index contributed by atoms with van der Waals surface area (Å²) >= 11 is 0. The summed E-state index contributed by atoms with van der Waals surface area (Å²) in [5.74, 6) is 0.248. The van der Waals surface area contributed by atoms with Crippen LogP contribution in [0.2, 0.25) is 0 Å². The number of nitrogens with zero attached hydrogens (tertiary/aromatic N) is 3. The molecule has 0 saturated heterocycles. The van der Waals surface area contributed by atoms with E-state index in [0.29, 0.717) is 17.9 Å². The number of fused-ring (bicyclic) bond motifs is 1. The normalized spacial score (nSPS) is 12.5. The fourth-order valence-electron chi connectivity index (χ4n) is 3.40. The van der Waals surface area contributed by atoms with Crippen LogP contribution in [-0.4, -0.2) is 42.3 Å². The van der Waals surface area contributed by atoms with Crippen molar-refractivity contribution in [3.8, 4) is 0 Å². The van der Waals surface area contributed by atoms with Gasteiger partial charge in [0.25, 0.3) is 0 Å². The van der Waals surface area contributed by atoms with Gasteiger partial charge in [-0.2, -0.15) is 0 Å². The Morgan fingerprint density at radius 3 is 2.42 bits per heavy atom. The van der Waals surface area contributed by atoms with Crippen molar-refractivity contribution in [2.24, 2.45) is 0 Å². The second-order valence-corrected chi connectivity index (χ2v) is 10.3. The second kappa shape index (κ2) is 8.80. The summed E-state index contributed by atoms with van der Waals surface area (Å²) in [5.41, 5.74) is 1.45. The molecule has 166 valence electrons. The van der Waals surface area contributed by atoms with Crippen LogP contribution in [0.1, 0.15) is 38.6 Å². The quantitative estimate of drug-likeness (QED) is 0.496. The molecule has 7 nitrogen and oxygen atoms in total. The lowest BCUT2D eigenvalue weighted by atomic mass is 9.85. The molecule has 0 fully saturated rings. The van der Waals surface area contributed by atoms with Gasteiger partial charge in [0.05, 0.1) is 21.3 Å². The van der Waals surface area contributed by atoms with Crippen molar-refractivity contribution in [1.29, 1.82) is 0 Å². The van der Waals surface area contributed by atoms with Gasteiger partial charge in [-0.3, -0.25) is 4.79 Å². The Morgan fingerprint density at radius 1 is 1.13 bits per heavy atom. The standard InChI is InChI=1S/C23H29N3O4S/c1-6-14-26-20-13-12-18(31(28,29)25(4)5)15-19(20)24-21(26)16-30-22(27)23(2,3)17-10-8-7-9-11-17/h7-13,15H,6,14,16H2,1-5H3. The summed E-state index contributed by atoms with van der Waals surface area (Å²) in [7, 11) is -0.572. The van der Waals surface area contributed by atoms with Crippen LogP contribution in [0, 0.1) is 0 Å². The van der Waals surface area contributed by atoms with Crippen molar-refractivity contribution in [2.75, 3.05) is 14.1 Å². The summed E-state index contributed by atoms with van der Waals surface area (Å²) < 4.78 is 33.7. The molecule has 0 spiro atoms. The summed E-state index contributed by atoms with van der Waals surface area (Å²) in [6.07, 6.45) is 0.861. The molecule has 1 aromatic heterocycles. The highest BCUT2D eigenvalue weighted by Gasteiger charge is 2.31. The van der Waals surface area contributed by atoms with E-state index < -0.39 is 15.4 Å². The number of sulfonamides is 1. The molecule has 0 aliphatic rings. The highest BCUT2D eigenvalue weighted by atomic mass is 32.2. The monoisotopic (exact) mass is 443 g/mol. The van der Waals surface area contributed by atoms with Crippen LogP contribution in [-0.2, 0) is 38.1 Å². The van der Waals surface area contributed by atoms with Crippen molar-refractivity contribution in [1.82, 2.24) is 13.9 Å². The van der Waals surface area contributed by atoms with Crippen molar-refractivity contribution < 1.29 is 17.9 Å². The first kappa shape index (κ1) is 23.0. The van der Waals surface area contributed by atoms with Gasteiger partial charge in [0.15, 0.2) is 0 Å². The van der Waals surface area contributed by atoms with Crippen molar-refractivity contribution in [2.45, 2.75) is 50.7 Å². The molecule has 0 radical (unpaired) electrons. The number of aromatic nitrogens is 2. The SMILES string of the molecule is CCCn1c(COC(=O)C(C)(C)c2ccccc2)nc2cc(S(=O)(=O)N(C)C)ccc21. The fraction of sp³-hybridized carbons (Fsp3) is 0.391. The third-order valence-electron chi connectivity index (χ3n) is 5.36. The maximum absolute atomic E-state index is 12.8. The first-order valence-electron chi connectivity index (χ1n) is 10.2. The van der Waals surface area contributed by atoms with E-state index in [0.717, 1.165) is 17.5 Å². The number of rotatable bonds is 8. The molecule has 3 rings (SSSR count). The average Bonchev–Trinajstić information content (AvgIpc) is 3.09. The Labute approximate surface area is 183 Å². The average molecular weight is 444 g/mol. The van der Waals surface area contributed by atoms with Crippen LogP contribution in [0.4, 0.5) is 0 Å². The number of carbonyl (C=O) groups is 1. The number of hydrogen-bond acceptors (Lipinski definition) is 5. The highest BCUT2D eigenvalue weighted by Crippen LogP contribution is 2.26. The molecular formula is C23H29N3O4S. The van der Waals surface area contributed by atoms with E-state index in [1.54, 1.807) is 18.2 Å². The molecule has 0 amide bonds. The number of carbonyl (C=O) groups excluding carboxylic acids is 1. The van der Waals surface area contributed by atoms with Crippen molar-refractivity contribution in [3.05, 3.63) is 59.9 Å². The summed E-state index contributed by atoms with van der Waals surface area (Å²) in [4.78, 5) is 17.6. The molecule has 31 heavy (non-hydrogen) atoms. The van der Waals surface area contributed by atoms with E-state index in [4.69, 9.17) is 4.74 Å². The molecule has 0 bridgehead atoms. The van der Waals surface area contributed by atoms with E-state index in [1.807, 2.05) is 55.7 Å². The minimum absolute atomic E-state index is 0.0134. The first-order valence-corrected chi connectivity index (χ1v) is 11.7. The molecule has 3 aromatic rings. The minimum atomic E-state index is -3.56. The molecule has 1 heterocycles. The van der Waals surface area contributed by atoms with Gasteiger partial charge >= 0.3 is 5.97 Å². The lowest BCUT2D eigenvalue weighted by Crippen LogP contribution is -2.31. The number of aryl methyl sites for hydroxylation is 1. The fourth-order valence-corrected chi connectivity index (χ4v) is 4.32. The predicted molar refractivity (Wildman–Crippen MR) is 120 cm³/mol. The van der Waals surface area contributed by atoms with Gasteiger partial charge in [-0.15, -0.1) is 0 Å². The van der Waals surface area contributed by atoms with E-state index in [9.17, 15) is 13.2 Å². The zero-order valence-electron chi connectivity index (χ0n) is 18.6. The molecular weight excluding hydrogens is 414 g/mol. The zero-order chi connectivity index (χ0) is 22.8. The summed E-state index contributed by atoms with van der Waals surface area (Å²) in [5, 5.41) is 0. The van der Waals surface area contributed by atoms with Crippen LogP contribution >= 0.6 is 0 Å². The molecule has 0 saturated carbocycles. The second-order valence-electron chi connectivity index (χ2n) is 8.18. The van der Waals surface area contributed by atoms with Crippen LogP contribution in [0.25, 0.3) is 11.0 Å². The maximum atomic E-state index is 12.8. The third-order valence-corrected chi connectivity index (χ3v) is 7.17. The van der Waals surface area contributed by atoms with Crippen molar-refractivity contribution >= 4 is 27.0 Å². The summed E-state index contributed by atoms with van der Waals surface area (Å²) in [6, 6.07) is 14.4. The van der Waals surface area contributed by atoms with Crippen LogP contribution in [0.5, 0.6) is 0 Å². The first-order chi connectivity index (χ1) is 14.6. The number of hydrogen-bond donors (Lipinski definition) is 0. The van der Waals surface area contributed by atoms with Crippen molar-refractivity contribution in [3.63, 3.8) is 0 Å². The molecule has 0 N–H and O–H groups in total. The Hall–Kier alpha value is -2.71. The van der Waals surface area contributed by atoms with E-state index >= 15 is 0 Å². The molecule has 0 atom stereocenters. The summed E-state index contributed by atoms with van der Waals surface area (Å²) in [6.45, 7) is 6.41. The van der Waals surface area contributed by atoms with Gasteiger partial charge in [-0.05, 0) is 44.0 Å². The van der Waals surface area contributed by atoms with Gasteiger partial charge < -0.3 is 9.30 Å². The Kier molecular flexibility index (Phi) is 6.52. The number of benzene rings is 2. The Bertz CT molecular complexity index is 1180. The molecule has 0 unspecified atom stereocenters. The van der Waals surface area contributed by atoms with Gasteiger partial charge in [-0.25, -0.2) is 17.7 Å². The lowest BCUT2D eigenvalue weighted by Gasteiger charge is -2.23. The van der Waals surface area contributed by atoms with Crippen LogP contribution < -0.4 is 0 Å². The number of imidazole rings is 1. The Balaban J connectivity index is 1.91. The van der Waals surface area contributed by atoms with E-state index in [1.165, 1.54) is 18.4 Å². The third kappa shape index (κ3) is 4.50. The number of esters is 1.